The van der Waals surface area contributed by atoms with Gasteiger partial charge in [0.25, 0.3) is 5.91 Å². The number of hydrogen-bond donors (Lipinski definition) is 1. The van der Waals surface area contributed by atoms with Gasteiger partial charge in [-0.15, -0.1) is 11.3 Å². The fraction of sp³-hybridized carbons (Fsp3) is 0.273. The van der Waals surface area contributed by atoms with Gasteiger partial charge in [0.05, 0.1) is 18.8 Å². The van der Waals surface area contributed by atoms with Crippen molar-refractivity contribution < 1.29 is 13.9 Å². The quantitative estimate of drug-likeness (QED) is 0.649. The number of aromatic nitrogens is 1. The standard InChI is InChI=1S/C22H22FN3O2S/c1-13-17-7-5-4-6-15(17)10-11-26(13)21(27)20-14(2)29-22(25-20)24-19-9-8-16(28-3)12-18(19)23/h4-9,12-13H,10-11H2,1-3H3,(H,24,25). The lowest BCUT2D eigenvalue weighted by molar-refractivity contribution is 0.0672. The molecule has 3 aromatic rings. The van der Waals surface area contributed by atoms with Crippen LogP contribution in [0, 0.1) is 12.7 Å². The molecule has 1 unspecified atom stereocenters. The van der Waals surface area contributed by atoms with E-state index in [0.717, 1.165) is 11.3 Å². The number of ether oxygens (including phenoxy) is 1. The van der Waals surface area contributed by atoms with Crippen molar-refractivity contribution >= 4 is 28.1 Å². The van der Waals surface area contributed by atoms with Gasteiger partial charge in [-0.1, -0.05) is 24.3 Å². The van der Waals surface area contributed by atoms with E-state index < -0.39 is 5.82 Å². The molecule has 0 fully saturated rings. The van der Waals surface area contributed by atoms with Crippen LogP contribution >= 0.6 is 11.3 Å². The second kappa shape index (κ2) is 7.83. The van der Waals surface area contributed by atoms with Gasteiger partial charge in [-0.3, -0.25) is 4.79 Å². The maximum Gasteiger partial charge on any atom is 0.274 e. The molecule has 29 heavy (non-hydrogen) atoms. The van der Waals surface area contributed by atoms with Crippen LogP contribution in [0.5, 0.6) is 5.75 Å². The second-order valence-electron chi connectivity index (χ2n) is 7.02. The van der Waals surface area contributed by atoms with Crippen LogP contribution in [0.15, 0.2) is 42.5 Å². The number of benzene rings is 2. The molecule has 1 amide bonds. The predicted octanol–water partition coefficient (Wildman–Crippen LogP) is 5.10. The molecule has 7 heteroatoms. The summed E-state index contributed by atoms with van der Waals surface area (Å²) < 4.78 is 19.3. The van der Waals surface area contributed by atoms with E-state index in [1.807, 2.05) is 30.9 Å². The molecule has 0 bridgehead atoms. The summed E-state index contributed by atoms with van der Waals surface area (Å²) in [5.41, 5.74) is 3.17. The van der Waals surface area contributed by atoms with Gasteiger partial charge in [0.15, 0.2) is 5.13 Å². The maximum atomic E-state index is 14.2. The largest absolute Gasteiger partial charge is 0.497 e. The minimum atomic E-state index is -0.439. The normalized spacial score (nSPS) is 15.7. The van der Waals surface area contributed by atoms with E-state index in [9.17, 15) is 9.18 Å². The Kier molecular flexibility index (Phi) is 5.24. The molecular weight excluding hydrogens is 389 g/mol. The Morgan fingerprint density at radius 1 is 1.31 bits per heavy atom. The number of nitrogens with zero attached hydrogens (tertiary/aromatic N) is 2. The number of anilines is 2. The molecule has 0 saturated carbocycles. The zero-order valence-electron chi connectivity index (χ0n) is 16.5. The van der Waals surface area contributed by atoms with Crippen molar-refractivity contribution in [3.63, 3.8) is 0 Å². The zero-order valence-corrected chi connectivity index (χ0v) is 17.3. The number of carbonyl (C=O) groups is 1. The lowest BCUT2D eigenvalue weighted by Crippen LogP contribution is -2.39. The molecular formula is C22H22FN3O2S. The highest BCUT2D eigenvalue weighted by Gasteiger charge is 2.30. The van der Waals surface area contributed by atoms with E-state index >= 15 is 0 Å². The molecule has 1 aromatic heterocycles. The van der Waals surface area contributed by atoms with Gasteiger partial charge in [0.2, 0.25) is 0 Å². The third-order valence-corrected chi connectivity index (χ3v) is 6.16. The van der Waals surface area contributed by atoms with Crippen molar-refractivity contribution in [1.29, 1.82) is 0 Å². The first-order valence-electron chi connectivity index (χ1n) is 9.44. The number of rotatable bonds is 4. The highest BCUT2D eigenvalue weighted by atomic mass is 32.1. The second-order valence-corrected chi connectivity index (χ2v) is 8.22. The monoisotopic (exact) mass is 411 g/mol. The molecule has 2 heterocycles. The summed E-state index contributed by atoms with van der Waals surface area (Å²) in [6.45, 7) is 4.57. The Balaban J connectivity index is 1.56. The Bertz CT molecular complexity index is 1070. The molecule has 0 saturated heterocycles. The molecule has 1 atom stereocenters. The molecule has 1 aliphatic rings. The number of carbonyl (C=O) groups excluding carboxylic acids is 1. The minimum absolute atomic E-state index is 0.0102. The van der Waals surface area contributed by atoms with Crippen molar-refractivity contribution in [2.45, 2.75) is 26.3 Å². The number of nitrogens with one attached hydrogen (secondary N) is 1. The van der Waals surface area contributed by atoms with E-state index in [1.165, 1.54) is 35.6 Å². The number of amides is 1. The van der Waals surface area contributed by atoms with Crippen LogP contribution in [0.25, 0.3) is 0 Å². The van der Waals surface area contributed by atoms with Gasteiger partial charge < -0.3 is 15.0 Å². The average molecular weight is 412 g/mol. The van der Waals surface area contributed by atoms with Gasteiger partial charge >= 0.3 is 0 Å². The molecule has 1 aliphatic heterocycles. The van der Waals surface area contributed by atoms with Crippen molar-refractivity contribution in [3.8, 4) is 5.75 Å². The van der Waals surface area contributed by atoms with Crippen molar-refractivity contribution in [3.05, 3.63) is 70.0 Å². The third kappa shape index (κ3) is 3.70. The number of halogens is 1. The number of fused-ring (bicyclic) bond motifs is 1. The molecule has 150 valence electrons. The molecule has 4 rings (SSSR count). The fourth-order valence-electron chi connectivity index (χ4n) is 3.67. The van der Waals surface area contributed by atoms with Crippen LogP contribution in [0.2, 0.25) is 0 Å². The SMILES string of the molecule is COc1ccc(Nc2nc(C(=O)N3CCc4ccccc4C3C)c(C)s2)c(F)c1. The highest BCUT2D eigenvalue weighted by molar-refractivity contribution is 7.15. The topological polar surface area (TPSA) is 54.5 Å². The van der Waals surface area contributed by atoms with Crippen molar-refractivity contribution in [2.75, 3.05) is 19.0 Å². The highest BCUT2D eigenvalue weighted by Crippen LogP contribution is 2.33. The van der Waals surface area contributed by atoms with E-state index in [1.54, 1.807) is 12.1 Å². The average Bonchev–Trinajstić information content (AvgIpc) is 3.09. The number of hydrogen-bond acceptors (Lipinski definition) is 5. The van der Waals surface area contributed by atoms with Crippen LogP contribution in [0.1, 0.15) is 39.5 Å². The summed E-state index contributed by atoms with van der Waals surface area (Å²) in [6.07, 6.45) is 0.831. The van der Waals surface area contributed by atoms with Crippen LogP contribution in [0.4, 0.5) is 15.2 Å². The summed E-state index contributed by atoms with van der Waals surface area (Å²) in [4.78, 5) is 20.3. The van der Waals surface area contributed by atoms with Gasteiger partial charge in [-0.05, 0) is 43.5 Å². The van der Waals surface area contributed by atoms with E-state index in [0.29, 0.717) is 28.8 Å². The van der Waals surface area contributed by atoms with E-state index in [2.05, 4.69) is 22.4 Å². The summed E-state index contributed by atoms with van der Waals surface area (Å²) >= 11 is 1.34. The Labute approximate surface area is 173 Å². The molecule has 5 nitrogen and oxygen atoms in total. The van der Waals surface area contributed by atoms with E-state index in [-0.39, 0.29) is 11.9 Å². The summed E-state index contributed by atoms with van der Waals surface area (Å²) in [6, 6.07) is 12.8. The van der Waals surface area contributed by atoms with Gasteiger partial charge in [0, 0.05) is 17.5 Å². The van der Waals surface area contributed by atoms with Crippen LogP contribution in [0.3, 0.4) is 0 Å². The first-order valence-corrected chi connectivity index (χ1v) is 10.3. The zero-order chi connectivity index (χ0) is 20.5. The van der Waals surface area contributed by atoms with Crippen molar-refractivity contribution in [1.82, 2.24) is 9.88 Å². The fourth-order valence-corrected chi connectivity index (χ4v) is 4.49. The third-order valence-electron chi connectivity index (χ3n) is 5.27. The van der Waals surface area contributed by atoms with Crippen molar-refractivity contribution in [2.24, 2.45) is 0 Å². The van der Waals surface area contributed by atoms with Crippen LogP contribution < -0.4 is 10.1 Å². The Morgan fingerprint density at radius 3 is 2.86 bits per heavy atom. The Hall–Kier alpha value is -2.93. The van der Waals surface area contributed by atoms with Gasteiger partial charge in [-0.2, -0.15) is 0 Å². The summed E-state index contributed by atoms with van der Waals surface area (Å²) in [7, 11) is 1.49. The maximum absolute atomic E-state index is 14.2. The lowest BCUT2D eigenvalue weighted by Gasteiger charge is -2.35. The number of aryl methyl sites for hydroxylation is 1. The number of methoxy groups -OCH3 is 1. The predicted molar refractivity (Wildman–Crippen MR) is 113 cm³/mol. The van der Waals surface area contributed by atoms with Gasteiger partial charge in [-0.25, -0.2) is 9.37 Å². The van der Waals surface area contributed by atoms with E-state index in [4.69, 9.17) is 4.74 Å². The Morgan fingerprint density at radius 2 is 2.10 bits per heavy atom. The van der Waals surface area contributed by atoms with Crippen LogP contribution in [-0.4, -0.2) is 29.4 Å². The summed E-state index contributed by atoms with van der Waals surface area (Å²) in [5, 5.41) is 3.46. The molecule has 0 spiro atoms. The van der Waals surface area contributed by atoms with Crippen LogP contribution in [-0.2, 0) is 6.42 Å². The molecule has 2 aromatic carbocycles. The molecule has 0 aliphatic carbocycles. The first-order chi connectivity index (χ1) is 14.0. The smallest absolute Gasteiger partial charge is 0.274 e. The number of thiazole rings is 1. The lowest BCUT2D eigenvalue weighted by atomic mass is 9.93. The molecule has 0 radical (unpaired) electrons. The molecule has 1 N–H and O–H groups in total. The van der Waals surface area contributed by atoms with Gasteiger partial charge in [0.1, 0.15) is 17.3 Å². The first kappa shape index (κ1) is 19.4. The minimum Gasteiger partial charge on any atom is -0.497 e. The summed E-state index contributed by atoms with van der Waals surface area (Å²) in [5.74, 6) is -0.0889.